The number of hydrogen-bond donors (Lipinski definition) is 2. The maximum absolute atomic E-state index is 13.5. The van der Waals surface area contributed by atoms with Crippen LogP contribution >= 0.6 is 11.6 Å². The van der Waals surface area contributed by atoms with Crippen molar-refractivity contribution in [2.24, 2.45) is 0 Å². The number of methoxy groups -OCH3 is 1. The zero-order valence-electron chi connectivity index (χ0n) is 18.9. The molecule has 1 aliphatic heterocycles. The quantitative estimate of drug-likeness (QED) is 0.544. The first-order valence-electron chi connectivity index (χ1n) is 11.1. The predicted molar refractivity (Wildman–Crippen MR) is 135 cm³/mol. The Morgan fingerprint density at radius 2 is 1.53 bits per heavy atom. The van der Waals surface area contributed by atoms with E-state index >= 15 is 0 Å². The summed E-state index contributed by atoms with van der Waals surface area (Å²) in [5.41, 5.74) is 2.33. The average molecular weight is 479 g/mol. The van der Waals surface area contributed by atoms with Gasteiger partial charge in [0.1, 0.15) is 11.8 Å². The number of nitrogens with one attached hydrogen (secondary N) is 2. The minimum Gasteiger partial charge on any atom is -0.495 e. The number of amides is 3. The lowest BCUT2D eigenvalue weighted by Gasteiger charge is -2.38. The van der Waals surface area contributed by atoms with E-state index < -0.39 is 12.1 Å². The molecule has 0 saturated carbocycles. The Bertz CT molecular complexity index is 1120. The maximum atomic E-state index is 13.5. The molecule has 0 aliphatic carbocycles. The standard InChI is InChI=1S/C26H27ClN4O3/c1-34-23-10-6-5-9-22(23)30-15-17-31(18-16-30)25(32)24(19-7-3-2-4-8-19)29-26(33)28-21-13-11-20(27)12-14-21/h2-14,24H,15-18H2,1H3,(H2,28,29,33)/t24-/m1/s1. The number of urea groups is 1. The highest BCUT2D eigenvalue weighted by molar-refractivity contribution is 6.30. The van der Waals surface area contributed by atoms with E-state index in [-0.39, 0.29) is 5.91 Å². The number of halogens is 1. The van der Waals surface area contributed by atoms with Crippen molar-refractivity contribution in [1.29, 1.82) is 0 Å². The molecule has 1 heterocycles. The number of rotatable bonds is 6. The maximum Gasteiger partial charge on any atom is 0.320 e. The van der Waals surface area contributed by atoms with Crippen molar-refractivity contribution in [3.05, 3.63) is 89.4 Å². The topological polar surface area (TPSA) is 73.9 Å². The van der Waals surface area contributed by atoms with Gasteiger partial charge in [0, 0.05) is 36.9 Å². The van der Waals surface area contributed by atoms with Gasteiger partial charge in [-0.2, -0.15) is 0 Å². The monoisotopic (exact) mass is 478 g/mol. The lowest BCUT2D eigenvalue weighted by molar-refractivity contribution is -0.133. The van der Waals surface area contributed by atoms with Crippen molar-refractivity contribution in [3.8, 4) is 5.75 Å². The number of carbonyl (C=O) groups excluding carboxylic acids is 2. The molecule has 34 heavy (non-hydrogen) atoms. The van der Waals surface area contributed by atoms with E-state index in [1.165, 1.54) is 0 Å². The first-order valence-corrected chi connectivity index (χ1v) is 11.5. The third kappa shape index (κ3) is 5.61. The van der Waals surface area contributed by atoms with E-state index in [4.69, 9.17) is 16.3 Å². The third-order valence-corrected chi connectivity index (χ3v) is 6.03. The van der Waals surface area contributed by atoms with Crippen LogP contribution in [-0.4, -0.2) is 50.1 Å². The zero-order chi connectivity index (χ0) is 23.9. The summed E-state index contributed by atoms with van der Waals surface area (Å²) in [5.74, 6) is 0.669. The van der Waals surface area contributed by atoms with Gasteiger partial charge < -0.3 is 25.2 Å². The highest BCUT2D eigenvalue weighted by Gasteiger charge is 2.30. The summed E-state index contributed by atoms with van der Waals surface area (Å²) >= 11 is 5.92. The zero-order valence-corrected chi connectivity index (χ0v) is 19.7. The van der Waals surface area contributed by atoms with Gasteiger partial charge in [-0.15, -0.1) is 0 Å². The fourth-order valence-electron chi connectivity index (χ4n) is 4.01. The Kier molecular flexibility index (Phi) is 7.54. The van der Waals surface area contributed by atoms with Crippen molar-refractivity contribution in [2.75, 3.05) is 43.5 Å². The van der Waals surface area contributed by atoms with Crippen LogP contribution in [0.1, 0.15) is 11.6 Å². The SMILES string of the molecule is COc1ccccc1N1CCN(C(=O)[C@H](NC(=O)Nc2ccc(Cl)cc2)c2ccccc2)CC1. The van der Waals surface area contributed by atoms with Crippen molar-refractivity contribution >= 4 is 34.9 Å². The van der Waals surface area contributed by atoms with E-state index in [9.17, 15) is 9.59 Å². The first-order chi connectivity index (χ1) is 16.5. The van der Waals surface area contributed by atoms with Crippen molar-refractivity contribution in [3.63, 3.8) is 0 Å². The molecular formula is C26H27ClN4O3. The van der Waals surface area contributed by atoms with Gasteiger partial charge in [0.2, 0.25) is 5.91 Å². The van der Waals surface area contributed by atoms with Crippen molar-refractivity contribution in [1.82, 2.24) is 10.2 Å². The minimum atomic E-state index is -0.800. The van der Waals surface area contributed by atoms with Crippen LogP contribution in [0.25, 0.3) is 0 Å². The number of anilines is 2. The summed E-state index contributed by atoms with van der Waals surface area (Å²) in [4.78, 5) is 30.3. The van der Waals surface area contributed by atoms with Gasteiger partial charge in [-0.3, -0.25) is 4.79 Å². The molecule has 2 N–H and O–H groups in total. The number of carbonyl (C=O) groups is 2. The van der Waals surface area contributed by atoms with E-state index in [1.54, 1.807) is 36.3 Å². The van der Waals surface area contributed by atoms with E-state index in [2.05, 4.69) is 15.5 Å². The lowest BCUT2D eigenvalue weighted by Crippen LogP contribution is -2.52. The molecule has 0 unspecified atom stereocenters. The molecule has 4 rings (SSSR count). The van der Waals surface area contributed by atoms with Gasteiger partial charge in [0.15, 0.2) is 0 Å². The van der Waals surface area contributed by atoms with Crippen molar-refractivity contribution < 1.29 is 14.3 Å². The molecule has 1 aliphatic rings. The summed E-state index contributed by atoms with van der Waals surface area (Å²) < 4.78 is 5.48. The molecule has 7 nitrogen and oxygen atoms in total. The predicted octanol–water partition coefficient (Wildman–Crippen LogP) is 4.56. The van der Waals surface area contributed by atoms with E-state index in [1.807, 2.05) is 54.6 Å². The first kappa shape index (κ1) is 23.4. The van der Waals surface area contributed by atoms with Gasteiger partial charge in [-0.1, -0.05) is 54.1 Å². The Balaban J connectivity index is 1.45. The molecule has 3 aromatic carbocycles. The summed E-state index contributed by atoms with van der Waals surface area (Å²) in [6.45, 7) is 2.43. The van der Waals surface area contributed by atoms with Gasteiger partial charge >= 0.3 is 6.03 Å². The molecule has 176 valence electrons. The molecule has 0 aromatic heterocycles. The number of benzene rings is 3. The fourth-order valence-corrected chi connectivity index (χ4v) is 4.13. The van der Waals surface area contributed by atoms with Crippen LogP contribution in [0.15, 0.2) is 78.9 Å². The van der Waals surface area contributed by atoms with Crippen molar-refractivity contribution in [2.45, 2.75) is 6.04 Å². The van der Waals surface area contributed by atoms with Crippen LogP contribution in [0.5, 0.6) is 5.75 Å². The molecule has 3 aromatic rings. The molecule has 8 heteroatoms. The molecule has 0 radical (unpaired) electrons. The Morgan fingerprint density at radius 3 is 2.21 bits per heavy atom. The van der Waals surface area contributed by atoms with Gasteiger partial charge in [-0.05, 0) is 42.0 Å². The van der Waals surface area contributed by atoms with E-state index in [0.29, 0.717) is 36.9 Å². The molecule has 0 bridgehead atoms. The molecular weight excluding hydrogens is 452 g/mol. The Hall–Kier alpha value is -3.71. The second-order valence-electron chi connectivity index (χ2n) is 7.93. The minimum absolute atomic E-state index is 0.142. The number of ether oxygens (including phenoxy) is 1. The molecule has 3 amide bonds. The van der Waals surface area contributed by atoms with Crippen LogP contribution in [-0.2, 0) is 4.79 Å². The Morgan fingerprint density at radius 1 is 0.882 bits per heavy atom. The van der Waals surface area contributed by atoms with Crippen LogP contribution in [0.4, 0.5) is 16.2 Å². The lowest BCUT2D eigenvalue weighted by atomic mass is 10.1. The summed E-state index contributed by atoms with van der Waals surface area (Å²) in [6.07, 6.45) is 0. The van der Waals surface area contributed by atoms with Crippen LogP contribution < -0.4 is 20.3 Å². The van der Waals surface area contributed by atoms with Crippen LogP contribution in [0.3, 0.4) is 0 Å². The summed E-state index contributed by atoms with van der Waals surface area (Å²) in [6, 6.07) is 22.7. The average Bonchev–Trinajstić information content (AvgIpc) is 2.89. The fraction of sp³-hybridized carbons (Fsp3) is 0.231. The normalized spacial score (nSPS) is 14.3. The van der Waals surface area contributed by atoms with Gasteiger partial charge in [-0.25, -0.2) is 4.79 Å². The highest BCUT2D eigenvalue weighted by atomic mass is 35.5. The summed E-state index contributed by atoms with van der Waals surface area (Å²) in [5, 5.41) is 6.19. The number of hydrogen-bond acceptors (Lipinski definition) is 4. The second kappa shape index (κ2) is 10.9. The number of para-hydroxylation sites is 2. The number of nitrogens with zero attached hydrogens (tertiary/aromatic N) is 2. The second-order valence-corrected chi connectivity index (χ2v) is 8.37. The third-order valence-electron chi connectivity index (χ3n) is 5.77. The van der Waals surface area contributed by atoms with Crippen LogP contribution in [0, 0.1) is 0 Å². The Labute approximate surface area is 204 Å². The van der Waals surface area contributed by atoms with E-state index in [0.717, 1.165) is 17.0 Å². The molecule has 0 spiro atoms. The molecule has 1 atom stereocenters. The molecule has 1 saturated heterocycles. The highest BCUT2D eigenvalue weighted by Crippen LogP contribution is 2.29. The smallest absolute Gasteiger partial charge is 0.320 e. The summed E-state index contributed by atoms with van der Waals surface area (Å²) in [7, 11) is 1.66. The largest absolute Gasteiger partial charge is 0.495 e. The van der Waals surface area contributed by atoms with Gasteiger partial charge in [0.05, 0.1) is 12.8 Å². The molecule has 1 fully saturated rings. The number of piperazine rings is 1. The van der Waals surface area contributed by atoms with Crippen LogP contribution in [0.2, 0.25) is 5.02 Å². The van der Waals surface area contributed by atoms with Gasteiger partial charge in [0.25, 0.3) is 0 Å².